The molecule has 1 saturated heterocycles. The first-order valence-electron chi connectivity index (χ1n) is 11.0. The van der Waals surface area contributed by atoms with Crippen LogP contribution >= 0.6 is 0 Å². The van der Waals surface area contributed by atoms with Crippen molar-refractivity contribution in [3.05, 3.63) is 71.4 Å². The molecule has 0 amide bonds. The molecule has 0 saturated carbocycles. The highest BCUT2D eigenvalue weighted by molar-refractivity contribution is 6.00. The summed E-state index contributed by atoms with van der Waals surface area (Å²) in [6, 6.07) is 18.3. The smallest absolute Gasteiger partial charge is 0.250 e. The van der Waals surface area contributed by atoms with Crippen LogP contribution in [0, 0.1) is 6.92 Å². The Morgan fingerprint density at radius 1 is 1.00 bits per heavy atom. The zero-order valence-electron chi connectivity index (χ0n) is 18.5. The van der Waals surface area contributed by atoms with Gasteiger partial charge in [-0.3, -0.25) is 0 Å². The quantitative estimate of drug-likeness (QED) is 0.297. The van der Waals surface area contributed by atoms with Crippen LogP contribution in [-0.4, -0.2) is 52.5 Å². The first-order chi connectivity index (χ1) is 16.3. The monoisotopic (exact) mass is 442 g/mol. The average molecular weight is 443 g/mol. The molecule has 3 heterocycles. The molecule has 0 unspecified atom stereocenters. The van der Waals surface area contributed by atoms with Crippen molar-refractivity contribution in [1.82, 2.24) is 19.9 Å². The Balaban J connectivity index is 1.37. The topological polar surface area (TPSA) is 103 Å². The molecule has 2 aromatic heterocycles. The molecule has 4 aromatic rings. The predicted molar refractivity (Wildman–Crippen MR) is 131 cm³/mol. The summed E-state index contributed by atoms with van der Waals surface area (Å²) in [5.41, 5.74) is 7.30. The second-order valence-electron chi connectivity index (χ2n) is 7.80. The Morgan fingerprint density at radius 3 is 2.61 bits per heavy atom. The third kappa shape index (κ3) is 4.93. The average Bonchev–Trinajstić information content (AvgIpc) is 3.19. The molecule has 5 rings (SSSR count). The van der Waals surface area contributed by atoms with E-state index in [0.29, 0.717) is 37.6 Å². The molecular formula is C24H26N8O. The number of nitrogens with one attached hydrogen (secondary N) is 3. The van der Waals surface area contributed by atoms with Crippen LogP contribution in [0.5, 0.6) is 0 Å². The molecule has 1 fully saturated rings. The standard InChI is InChI=1S/C24H26N8O/c1-17-20(19-9-5-6-10-21(19)27-17)16-26-31-23-28-22(25-15-18-7-3-2-4-8-18)29-24(30-23)32-11-13-33-14-12-32/h2-10,16,27H,11-15H2,1H3,(H2,25,28,29,30,31). The maximum absolute atomic E-state index is 5.47. The zero-order valence-corrected chi connectivity index (χ0v) is 18.5. The van der Waals surface area contributed by atoms with E-state index in [9.17, 15) is 0 Å². The number of aromatic nitrogens is 4. The Hall–Kier alpha value is -3.98. The summed E-state index contributed by atoms with van der Waals surface area (Å²) in [5.74, 6) is 1.48. The van der Waals surface area contributed by atoms with Crippen LogP contribution in [0.1, 0.15) is 16.8 Å². The number of aryl methyl sites for hydroxylation is 1. The highest BCUT2D eigenvalue weighted by Gasteiger charge is 2.16. The summed E-state index contributed by atoms with van der Waals surface area (Å²) in [4.78, 5) is 19.2. The lowest BCUT2D eigenvalue weighted by Gasteiger charge is -2.27. The number of ether oxygens (including phenoxy) is 1. The molecule has 1 aliphatic heterocycles. The maximum Gasteiger partial charge on any atom is 0.250 e. The van der Waals surface area contributed by atoms with Gasteiger partial charge < -0.3 is 19.9 Å². The van der Waals surface area contributed by atoms with Crippen molar-refractivity contribution in [2.24, 2.45) is 5.10 Å². The van der Waals surface area contributed by atoms with Crippen molar-refractivity contribution in [3.8, 4) is 0 Å². The minimum atomic E-state index is 0.385. The molecule has 0 spiro atoms. The highest BCUT2D eigenvalue weighted by Crippen LogP contribution is 2.20. The fourth-order valence-corrected chi connectivity index (χ4v) is 3.79. The third-order valence-corrected chi connectivity index (χ3v) is 5.51. The number of hydrogen-bond acceptors (Lipinski definition) is 8. The zero-order chi connectivity index (χ0) is 22.5. The largest absolute Gasteiger partial charge is 0.378 e. The van der Waals surface area contributed by atoms with E-state index in [1.165, 1.54) is 0 Å². The Kier molecular flexibility index (Phi) is 6.12. The van der Waals surface area contributed by atoms with Crippen molar-refractivity contribution >= 4 is 35.0 Å². The summed E-state index contributed by atoms with van der Waals surface area (Å²) >= 11 is 0. The highest BCUT2D eigenvalue weighted by atomic mass is 16.5. The van der Waals surface area contributed by atoms with E-state index in [1.807, 2.05) is 37.3 Å². The Morgan fingerprint density at radius 2 is 1.76 bits per heavy atom. The van der Waals surface area contributed by atoms with Gasteiger partial charge in [0, 0.05) is 41.8 Å². The predicted octanol–water partition coefficient (Wildman–Crippen LogP) is 3.56. The van der Waals surface area contributed by atoms with E-state index < -0.39 is 0 Å². The van der Waals surface area contributed by atoms with Gasteiger partial charge in [0.2, 0.25) is 17.8 Å². The van der Waals surface area contributed by atoms with Crippen molar-refractivity contribution in [3.63, 3.8) is 0 Å². The number of H-pyrrole nitrogens is 1. The normalized spacial score (nSPS) is 14.2. The van der Waals surface area contributed by atoms with E-state index in [0.717, 1.165) is 40.8 Å². The molecule has 9 nitrogen and oxygen atoms in total. The van der Waals surface area contributed by atoms with Crippen LogP contribution in [0.25, 0.3) is 10.9 Å². The van der Waals surface area contributed by atoms with Gasteiger partial charge in [-0.1, -0.05) is 48.5 Å². The number of hydrazone groups is 1. The van der Waals surface area contributed by atoms with Crippen molar-refractivity contribution in [2.45, 2.75) is 13.5 Å². The van der Waals surface area contributed by atoms with E-state index in [2.05, 4.69) is 64.9 Å². The number of anilines is 3. The third-order valence-electron chi connectivity index (χ3n) is 5.51. The van der Waals surface area contributed by atoms with Gasteiger partial charge in [0.05, 0.1) is 19.4 Å². The van der Waals surface area contributed by atoms with E-state index in [-0.39, 0.29) is 0 Å². The van der Waals surface area contributed by atoms with Gasteiger partial charge in [0.15, 0.2) is 0 Å². The van der Waals surface area contributed by atoms with Gasteiger partial charge in [-0.2, -0.15) is 20.1 Å². The van der Waals surface area contributed by atoms with Crippen molar-refractivity contribution in [2.75, 3.05) is 41.9 Å². The molecule has 0 radical (unpaired) electrons. The molecule has 168 valence electrons. The summed E-state index contributed by atoms with van der Waals surface area (Å²) in [6.45, 7) is 5.42. The minimum absolute atomic E-state index is 0.385. The number of rotatable bonds is 7. The molecule has 0 aliphatic carbocycles. The lowest BCUT2D eigenvalue weighted by molar-refractivity contribution is 0.122. The second kappa shape index (κ2) is 9.66. The van der Waals surface area contributed by atoms with Crippen molar-refractivity contribution < 1.29 is 4.74 Å². The molecule has 33 heavy (non-hydrogen) atoms. The molecule has 0 bridgehead atoms. The van der Waals surface area contributed by atoms with Crippen LogP contribution in [0.4, 0.5) is 17.8 Å². The first-order valence-corrected chi connectivity index (χ1v) is 11.0. The summed E-state index contributed by atoms with van der Waals surface area (Å²) in [7, 11) is 0. The molecule has 9 heteroatoms. The van der Waals surface area contributed by atoms with Gasteiger partial charge in [0.1, 0.15) is 0 Å². The number of fused-ring (bicyclic) bond motifs is 1. The van der Waals surface area contributed by atoms with Gasteiger partial charge in [-0.15, -0.1) is 0 Å². The molecule has 1 aliphatic rings. The van der Waals surface area contributed by atoms with Gasteiger partial charge in [-0.25, -0.2) is 5.43 Å². The van der Waals surface area contributed by atoms with E-state index in [4.69, 9.17) is 4.74 Å². The number of hydrogen-bond donors (Lipinski definition) is 3. The van der Waals surface area contributed by atoms with E-state index >= 15 is 0 Å². The van der Waals surface area contributed by atoms with Crippen LogP contribution in [0.2, 0.25) is 0 Å². The Bertz CT molecular complexity index is 1250. The molecule has 3 N–H and O–H groups in total. The molecular weight excluding hydrogens is 416 g/mol. The summed E-state index contributed by atoms with van der Waals surface area (Å²) in [6.07, 6.45) is 1.80. The first kappa shape index (κ1) is 20.9. The minimum Gasteiger partial charge on any atom is -0.378 e. The fraction of sp³-hybridized carbons (Fsp3) is 0.250. The van der Waals surface area contributed by atoms with Crippen molar-refractivity contribution in [1.29, 1.82) is 0 Å². The second-order valence-corrected chi connectivity index (χ2v) is 7.80. The maximum atomic E-state index is 5.47. The summed E-state index contributed by atoms with van der Waals surface area (Å²) < 4.78 is 5.47. The van der Waals surface area contributed by atoms with E-state index in [1.54, 1.807) is 6.21 Å². The SMILES string of the molecule is Cc1[nH]c2ccccc2c1C=NNc1nc(NCc2ccccc2)nc(N2CCOCC2)n1. The van der Waals surface area contributed by atoms with Crippen LogP contribution < -0.4 is 15.6 Å². The number of benzene rings is 2. The fourth-order valence-electron chi connectivity index (χ4n) is 3.79. The molecule has 2 aromatic carbocycles. The summed E-state index contributed by atoms with van der Waals surface area (Å²) in [5, 5.41) is 8.84. The Labute approximate surface area is 191 Å². The molecule has 0 atom stereocenters. The van der Waals surface area contributed by atoms with Gasteiger partial charge in [-0.05, 0) is 18.6 Å². The number of para-hydroxylation sites is 1. The number of morpholine rings is 1. The van der Waals surface area contributed by atoms with Crippen LogP contribution in [-0.2, 0) is 11.3 Å². The van der Waals surface area contributed by atoms with Gasteiger partial charge >= 0.3 is 0 Å². The van der Waals surface area contributed by atoms with Crippen LogP contribution in [0.15, 0.2) is 59.7 Å². The van der Waals surface area contributed by atoms with Gasteiger partial charge in [0.25, 0.3) is 0 Å². The number of aromatic amines is 1. The van der Waals surface area contributed by atoms with Crippen LogP contribution in [0.3, 0.4) is 0 Å². The number of nitrogens with zero attached hydrogens (tertiary/aromatic N) is 5. The lowest BCUT2D eigenvalue weighted by Crippen LogP contribution is -2.37. The lowest BCUT2D eigenvalue weighted by atomic mass is 10.1.